The molecule has 3 N–H and O–H groups in total. The molecule has 120 valence electrons. The molecular formula is C17H18N2O3S. The number of amides is 2. The van der Waals surface area contributed by atoms with Gasteiger partial charge in [-0.3, -0.25) is 9.59 Å². The van der Waals surface area contributed by atoms with Gasteiger partial charge in [-0.1, -0.05) is 12.1 Å². The molecule has 0 aliphatic heterocycles. The third-order valence-electron chi connectivity index (χ3n) is 4.07. The summed E-state index contributed by atoms with van der Waals surface area (Å²) in [6, 6.07) is 8.59. The number of aliphatic hydroxyl groups is 1. The second-order valence-corrected chi connectivity index (χ2v) is 6.55. The Morgan fingerprint density at radius 2 is 1.96 bits per heavy atom. The van der Waals surface area contributed by atoms with E-state index in [0.717, 1.165) is 6.42 Å². The van der Waals surface area contributed by atoms with Crippen molar-refractivity contribution >= 4 is 28.8 Å². The molecule has 0 spiro atoms. The number of carbonyl (C=O) groups excluding carboxylic acids is 2. The lowest BCUT2D eigenvalue weighted by Crippen LogP contribution is -2.47. The second kappa shape index (κ2) is 6.52. The topological polar surface area (TPSA) is 78.4 Å². The van der Waals surface area contributed by atoms with E-state index < -0.39 is 5.60 Å². The van der Waals surface area contributed by atoms with Crippen molar-refractivity contribution in [1.82, 2.24) is 5.32 Å². The number of carbonyl (C=O) groups is 2. The van der Waals surface area contributed by atoms with Gasteiger partial charge in [0.2, 0.25) is 0 Å². The average molecular weight is 330 g/mol. The fourth-order valence-corrected chi connectivity index (χ4v) is 3.12. The van der Waals surface area contributed by atoms with Gasteiger partial charge >= 0.3 is 0 Å². The van der Waals surface area contributed by atoms with Crippen LogP contribution in [0.3, 0.4) is 0 Å². The number of anilines is 1. The van der Waals surface area contributed by atoms with E-state index in [2.05, 4.69) is 10.6 Å². The van der Waals surface area contributed by atoms with Crippen molar-refractivity contribution in [3.05, 3.63) is 52.2 Å². The predicted molar refractivity (Wildman–Crippen MR) is 89.8 cm³/mol. The predicted octanol–water partition coefficient (Wildman–Crippen LogP) is 2.65. The van der Waals surface area contributed by atoms with Crippen molar-refractivity contribution in [1.29, 1.82) is 0 Å². The molecule has 0 unspecified atom stereocenters. The molecule has 6 heteroatoms. The number of para-hydroxylation sites is 1. The largest absolute Gasteiger partial charge is 0.388 e. The SMILES string of the molecule is O=C(Nc1ccccc1C(=O)NCC1(O)CCC1)c1ccsc1. The molecule has 2 aromatic rings. The summed E-state index contributed by atoms with van der Waals surface area (Å²) in [5.41, 5.74) is 0.639. The van der Waals surface area contributed by atoms with E-state index in [-0.39, 0.29) is 18.4 Å². The van der Waals surface area contributed by atoms with Crippen LogP contribution in [-0.4, -0.2) is 29.1 Å². The van der Waals surface area contributed by atoms with Gasteiger partial charge in [-0.05, 0) is 42.8 Å². The van der Waals surface area contributed by atoms with Crippen LogP contribution < -0.4 is 10.6 Å². The Morgan fingerprint density at radius 3 is 2.61 bits per heavy atom. The Labute approximate surface area is 138 Å². The zero-order chi connectivity index (χ0) is 16.3. The summed E-state index contributed by atoms with van der Waals surface area (Å²) >= 11 is 1.44. The van der Waals surface area contributed by atoms with Gasteiger partial charge < -0.3 is 15.7 Å². The van der Waals surface area contributed by atoms with Crippen molar-refractivity contribution in [3.63, 3.8) is 0 Å². The lowest BCUT2D eigenvalue weighted by atomic mass is 9.80. The molecule has 0 saturated heterocycles. The van der Waals surface area contributed by atoms with Crippen LogP contribution >= 0.6 is 11.3 Å². The fourth-order valence-electron chi connectivity index (χ4n) is 2.48. The van der Waals surface area contributed by atoms with Gasteiger partial charge in [-0.2, -0.15) is 11.3 Å². The van der Waals surface area contributed by atoms with Gasteiger partial charge in [-0.15, -0.1) is 0 Å². The minimum Gasteiger partial charge on any atom is -0.388 e. The molecule has 1 saturated carbocycles. The minimum atomic E-state index is -0.773. The first-order valence-corrected chi connectivity index (χ1v) is 8.45. The highest BCUT2D eigenvalue weighted by Crippen LogP contribution is 2.30. The van der Waals surface area contributed by atoms with E-state index in [1.165, 1.54) is 11.3 Å². The maximum Gasteiger partial charge on any atom is 0.256 e. The summed E-state index contributed by atoms with van der Waals surface area (Å²) in [4.78, 5) is 24.5. The van der Waals surface area contributed by atoms with E-state index in [0.29, 0.717) is 29.7 Å². The number of rotatable bonds is 5. The van der Waals surface area contributed by atoms with E-state index in [1.54, 1.807) is 35.7 Å². The number of thiophene rings is 1. The van der Waals surface area contributed by atoms with Crippen molar-refractivity contribution < 1.29 is 14.7 Å². The minimum absolute atomic E-state index is 0.235. The van der Waals surface area contributed by atoms with E-state index in [1.807, 2.05) is 5.38 Å². The van der Waals surface area contributed by atoms with E-state index in [4.69, 9.17) is 0 Å². The molecule has 1 aliphatic carbocycles. The van der Waals surface area contributed by atoms with Crippen molar-refractivity contribution in [2.75, 3.05) is 11.9 Å². The number of hydrogen-bond donors (Lipinski definition) is 3. The molecule has 23 heavy (non-hydrogen) atoms. The Balaban J connectivity index is 1.69. The normalized spacial score (nSPS) is 15.5. The highest BCUT2D eigenvalue weighted by molar-refractivity contribution is 7.08. The van der Waals surface area contributed by atoms with Crippen LogP contribution in [0.15, 0.2) is 41.1 Å². The van der Waals surface area contributed by atoms with Gasteiger partial charge in [-0.25, -0.2) is 0 Å². The first-order valence-electron chi connectivity index (χ1n) is 7.51. The highest BCUT2D eigenvalue weighted by Gasteiger charge is 2.34. The van der Waals surface area contributed by atoms with E-state index in [9.17, 15) is 14.7 Å². The Hall–Kier alpha value is -2.18. The summed E-state index contributed by atoms with van der Waals surface area (Å²) in [5.74, 6) is -0.546. The van der Waals surface area contributed by atoms with E-state index >= 15 is 0 Å². The molecule has 0 bridgehead atoms. The Morgan fingerprint density at radius 1 is 1.17 bits per heavy atom. The molecule has 2 amide bonds. The van der Waals surface area contributed by atoms with Gasteiger partial charge in [0.25, 0.3) is 11.8 Å². The molecule has 1 heterocycles. The molecule has 1 aromatic carbocycles. The molecular weight excluding hydrogens is 312 g/mol. The highest BCUT2D eigenvalue weighted by atomic mass is 32.1. The summed E-state index contributed by atoms with van der Waals surface area (Å²) in [5, 5.41) is 19.2. The zero-order valence-corrected chi connectivity index (χ0v) is 13.4. The maximum absolute atomic E-state index is 12.3. The molecule has 0 atom stereocenters. The lowest BCUT2D eigenvalue weighted by molar-refractivity contribution is -0.0300. The molecule has 1 fully saturated rings. The molecule has 1 aromatic heterocycles. The van der Waals surface area contributed by atoms with Crippen LogP contribution in [0.2, 0.25) is 0 Å². The van der Waals surface area contributed by atoms with Crippen LogP contribution in [0.25, 0.3) is 0 Å². The quantitative estimate of drug-likeness (QED) is 0.788. The monoisotopic (exact) mass is 330 g/mol. The van der Waals surface area contributed by atoms with Crippen molar-refractivity contribution in [2.45, 2.75) is 24.9 Å². The molecule has 0 radical (unpaired) electrons. The Kier molecular flexibility index (Phi) is 4.45. The lowest BCUT2D eigenvalue weighted by Gasteiger charge is -2.36. The third-order valence-corrected chi connectivity index (χ3v) is 4.75. The third kappa shape index (κ3) is 3.60. The summed E-state index contributed by atoms with van der Waals surface area (Å²) in [6.07, 6.45) is 2.41. The standard InChI is InChI=1S/C17H18N2O3S/c20-15(12-6-9-23-10-12)19-14-5-2-1-4-13(14)16(21)18-11-17(22)7-3-8-17/h1-2,4-6,9-10,22H,3,7-8,11H2,(H,18,21)(H,19,20). The van der Waals surface area contributed by atoms with Crippen LogP contribution in [0, 0.1) is 0 Å². The number of nitrogens with one attached hydrogen (secondary N) is 2. The molecule has 5 nitrogen and oxygen atoms in total. The van der Waals surface area contributed by atoms with Crippen LogP contribution in [0.1, 0.15) is 40.0 Å². The van der Waals surface area contributed by atoms with Gasteiger partial charge in [0.15, 0.2) is 0 Å². The van der Waals surface area contributed by atoms with Crippen molar-refractivity contribution in [3.8, 4) is 0 Å². The fraction of sp³-hybridized carbons (Fsp3) is 0.294. The van der Waals surface area contributed by atoms with Gasteiger partial charge in [0.05, 0.1) is 22.4 Å². The summed E-state index contributed by atoms with van der Waals surface area (Å²) in [7, 11) is 0. The summed E-state index contributed by atoms with van der Waals surface area (Å²) in [6.45, 7) is 0.235. The van der Waals surface area contributed by atoms with Crippen LogP contribution in [0.5, 0.6) is 0 Å². The zero-order valence-electron chi connectivity index (χ0n) is 12.5. The van der Waals surface area contributed by atoms with Crippen molar-refractivity contribution in [2.24, 2.45) is 0 Å². The van der Waals surface area contributed by atoms with Gasteiger partial charge in [0, 0.05) is 11.9 Å². The first-order chi connectivity index (χ1) is 11.1. The average Bonchev–Trinajstić information content (AvgIpc) is 3.06. The maximum atomic E-state index is 12.3. The number of benzene rings is 1. The van der Waals surface area contributed by atoms with Crippen LogP contribution in [-0.2, 0) is 0 Å². The molecule has 1 aliphatic rings. The smallest absolute Gasteiger partial charge is 0.256 e. The van der Waals surface area contributed by atoms with Crippen LogP contribution in [0.4, 0.5) is 5.69 Å². The second-order valence-electron chi connectivity index (χ2n) is 5.77. The first kappa shape index (κ1) is 15.7. The van der Waals surface area contributed by atoms with Gasteiger partial charge in [0.1, 0.15) is 0 Å². The number of hydrogen-bond acceptors (Lipinski definition) is 4. The molecule has 3 rings (SSSR count). The Bertz CT molecular complexity index is 708. The summed E-state index contributed by atoms with van der Waals surface area (Å²) < 4.78 is 0.